The van der Waals surface area contributed by atoms with Crippen molar-refractivity contribution in [3.8, 4) is 17.1 Å². The van der Waals surface area contributed by atoms with Crippen molar-refractivity contribution in [2.75, 3.05) is 0 Å². The molecule has 8 heteroatoms. The molecule has 1 aromatic carbocycles. The molecule has 1 amide bonds. The summed E-state index contributed by atoms with van der Waals surface area (Å²) in [7, 11) is 0. The number of ether oxygens (including phenoxy) is 1. The maximum Gasteiger partial charge on any atom is 0.408 e. The van der Waals surface area contributed by atoms with Crippen molar-refractivity contribution in [3.63, 3.8) is 0 Å². The number of nitrogens with one attached hydrogen (secondary N) is 1. The van der Waals surface area contributed by atoms with E-state index in [1.54, 1.807) is 18.5 Å². The van der Waals surface area contributed by atoms with Crippen LogP contribution in [0.3, 0.4) is 0 Å². The molecule has 0 spiro atoms. The van der Waals surface area contributed by atoms with Gasteiger partial charge in [0.2, 0.25) is 5.28 Å². The van der Waals surface area contributed by atoms with E-state index >= 15 is 0 Å². The van der Waals surface area contributed by atoms with Crippen LogP contribution in [0, 0.1) is 0 Å². The van der Waals surface area contributed by atoms with E-state index in [1.165, 1.54) is 0 Å². The van der Waals surface area contributed by atoms with Crippen LogP contribution in [0.1, 0.15) is 51.2 Å². The zero-order valence-electron chi connectivity index (χ0n) is 20.6. The molecule has 7 nitrogen and oxygen atoms in total. The van der Waals surface area contributed by atoms with Gasteiger partial charge in [0.15, 0.2) is 5.65 Å². The number of amides is 1. The molecule has 5 rings (SSSR count). The van der Waals surface area contributed by atoms with E-state index < -0.39 is 17.2 Å². The molecule has 0 saturated heterocycles. The summed E-state index contributed by atoms with van der Waals surface area (Å²) in [5.74, 6) is 0. The van der Waals surface area contributed by atoms with Crippen LogP contribution in [-0.4, -0.2) is 31.2 Å². The fourth-order valence-electron chi connectivity index (χ4n) is 4.72. The number of benzene rings is 1. The summed E-state index contributed by atoms with van der Waals surface area (Å²) in [5.41, 5.74) is 4.14. The fraction of sp³-hybridized carbons (Fsp3) is 0.286. The van der Waals surface area contributed by atoms with Crippen LogP contribution in [0.15, 0.2) is 61.4 Å². The van der Waals surface area contributed by atoms with Crippen LogP contribution in [-0.2, 0) is 10.3 Å². The second kappa shape index (κ2) is 9.06. The monoisotopic (exact) mass is 501 g/mol. The number of fused-ring (bicyclic) bond motifs is 1. The zero-order valence-corrected chi connectivity index (χ0v) is 21.3. The normalized spacial score (nSPS) is 14.8. The lowest BCUT2D eigenvalue weighted by Gasteiger charge is -2.43. The first-order valence-electron chi connectivity index (χ1n) is 11.9. The summed E-state index contributed by atoms with van der Waals surface area (Å²) in [6, 6.07) is 13.9. The third-order valence-corrected chi connectivity index (χ3v) is 6.64. The molecule has 4 aromatic rings. The summed E-state index contributed by atoms with van der Waals surface area (Å²) < 4.78 is 7.55. The van der Waals surface area contributed by atoms with Crippen LogP contribution in [0.4, 0.5) is 4.79 Å². The average Bonchev–Trinajstić information content (AvgIpc) is 3.14. The van der Waals surface area contributed by atoms with Gasteiger partial charge in [-0.25, -0.2) is 9.78 Å². The predicted octanol–water partition coefficient (Wildman–Crippen LogP) is 6.68. The molecule has 1 fully saturated rings. The van der Waals surface area contributed by atoms with E-state index in [-0.39, 0.29) is 5.28 Å². The second-order valence-corrected chi connectivity index (χ2v) is 10.3. The molecule has 0 aliphatic heterocycles. The van der Waals surface area contributed by atoms with E-state index in [9.17, 15) is 4.79 Å². The Kier molecular flexibility index (Phi) is 6.04. The maximum atomic E-state index is 12.6. The van der Waals surface area contributed by atoms with Crippen molar-refractivity contribution in [2.45, 2.75) is 51.2 Å². The first kappa shape index (κ1) is 24.0. The van der Waals surface area contributed by atoms with Gasteiger partial charge in [-0.2, -0.15) is 4.98 Å². The van der Waals surface area contributed by atoms with Crippen molar-refractivity contribution in [2.24, 2.45) is 0 Å². The summed E-state index contributed by atoms with van der Waals surface area (Å²) >= 11 is 6.21. The Morgan fingerprint density at radius 3 is 2.50 bits per heavy atom. The van der Waals surface area contributed by atoms with E-state index in [4.69, 9.17) is 16.3 Å². The number of nitrogens with zero attached hydrogens (tertiary/aromatic N) is 4. The summed E-state index contributed by atoms with van der Waals surface area (Å²) in [6.07, 6.45) is 7.63. The Balaban J connectivity index is 1.60. The summed E-state index contributed by atoms with van der Waals surface area (Å²) in [5, 5.41) is 4.12. The number of aromatic nitrogens is 4. The highest BCUT2D eigenvalue weighted by molar-refractivity contribution is 6.28. The number of pyridine rings is 1. The van der Waals surface area contributed by atoms with Gasteiger partial charge in [0.25, 0.3) is 0 Å². The quantitative estimate of drug-likeness (QED) is 0.308. The number of carbonyl (C=O) groups is 1. The highest BCUT2D eigenvalue weighted by atomic mass is 35.5. The van der Waals surface area contributed by atoms with Gasteiger partial charge in [0.05, 0.1) is 16.9 Å². The Bertz CT molecular complexity index is 1440. The molecular formula is C28H28ClN5O2. The Morgan fingerprint density at radius 2 is 1.92 bits per heavy atom. The topological polar surface area (TPSA) is 81.9 Å². The van der Waals surface area contributed by atoms with Gasteiger partial charge in [-0.3, -0.25) is 9.55 Å². The lowest BCUT2D eigenvalue weighted by atomic mass is 9.72. The minimum atomic E-state index is -0.553. The molecule has 0 atom stereocenters. The summed E-state index contributed by atoms with van der Waals surface area (Å²) in [6.45, 7) is 9.62. The number of halogens is 1. The molecule has 1 aliphatic carbocycles. The van der Waals surface area contributed by atoms with Gasteiger partial charge in [0, 0.05) is 29.0 Å². The van der Waals surface area contributed by atoms with Crippen LogP contribution < -0.4 is 5.32 Å². The number of rotatable bonds is 5. The van der Waals surface area contributed by atoms with Crippen LogP contribution in [0.5, 0.6) is 0 Å². The fourth-order valence-corrected chi connectivity index (χ4v) is 4.85. The minimum absolute atomic E-state index is 0.163. The smallest absolute Gasteiger partial charge is 0.408 e. The minimum Gasteiger partial charge on any atom is -0.444 e. The van der Waals surface area contributed by atoms with Crippen molar-refractivity contribution in [3.05, 3.63) is 77.8 Å². The Hall–Kier alpha value is -3.71. The van der Waals surface area contributed by atoms with Gasteiger partial charge in [-0.05, 0) is 81.5 Å². The van der Waals surface area contributed by atoms with E-state index in [0.717, 1.165) is 52.9 Å². The number of hydrogen-bond acceptors (Lipinski definition) is 5. The SMILES string of the molecule is C=Cc1c(-c2ccccn2)n(-c2ccc(C3(NC(=O)OC(C)(C)C)CCC3)cc2)c2nc(Cl)ncc12. The molecule has 184 valence electrons. The molecule has 36 heavy (non-hydrogen) atoms. The maximum absolute atomic E-state index is 12.6. The molecule has 1 saturated carbocycles. The van der Waals surface area contributed by atoms with Crippen molar-refractivity contribution in [1.82, 2.24) is 24.8 Å². The largest absolute Gasteiger partial charge is 0.444 e. The first-order valence-corrected chi connectivity index (χ1v) is 12.3. The second-order valence-electron chi connectivity index (χ2n) is 10.0. The van der Waals surface area contributed by atoms with Gasteiger partial charge in [0.1, 0.15) is 5.60 Å². The third kappa shape index (κ3) is 4.35. The van der Waals surface area contributed by atoms with Crippen molar-refractivity contribution >= 4 is 34.8 Å². The van der Waals surface area contributed by atoms with Gasteiger partial charge < -0.3 is 10.1 Å². The Morgan fingerprint density at radius 1 is 1.17 bits per heavy atom. The molecule has 1 aliphatic rings. The number of carbonyl (C=O) groups excluding carboxylic acids is 1. The van der Waals surface area contributed by atoms with E-state index in [1.807, 2.05) is 55.7 Å². The van der Waals surface area contributed by atoms with Crippen LogP contribution in [0.2, 0.25) is 5.28 Å². The summed E-state index contributed by atoms with van der Waals surface area (Å²) in [4.78, 5) is 25.9. The third-order valence-electron chi connectivity index (χ3n) is 6.46. The van der Waals surface area contributed by atoms with Gasteiger partial charge in [-0.1, -0.05) is 30.9 Å². The molecule has 0 bridgehead atoms. The lowest BCUT2D eigenvalue weighted by Crippen LogP contribution is -2.52. The van der Waals surface area contributed by atoms with Gasteiger partial charge >= 0.3 is 6.09 Å². The highest BCUT2D eigenvalue weighted by Gasteiger charge is 2.41. The molecule has 3 heterocycles. The van der Waals surface area contributed by atoms with Gasteiger partial charge in [-0.15, -0.1) is 0 Å². The molecule has 3 aromatic heterocycles. The Labute approximate surface area is 215 Å². The zero-order chi connectivity index (χ0) is 25.5. The van der Waals surface area contributed by atoms with E-state index in [2.05, 4.69) is 39.0 Å². The van der Waals surface area contributed by atoms with Crippen molar-refractivity contribution < 1.29 is 9.53 Å². The predicted molar refractivity (Wildman–Crippen MR) is 142 cm³/mol. The first-order chi connectivity index (χ1) is 17.2. The average molecular weight is 502 g/mol. The lowest BCUT2D eigenvalue weighted by molar-refractivity contribution is 0.0377. The van der Waals surface area contributed by atoms with Crippen LogP contribution in [0.25, 0.3) is 34.2 Å². The number of alkyl carbamates (subject to hydrolysis) is 1. The standard InChI is InChI=1S/C28H28ClN5O2/c1-5-20-21-17-31-25(29)32-24(21)34(23(20)22-9-6-7-16-30-22)19-12-10-18(11-13-19)28(14-8-15-28)33-26(35)36-27(2,3)4/h5-7,9-13,16-17H,1,8,14-15H2,2-4H3,(H,33,35). The molecule has 1 N–H and O–H groups in total. The highest BCUT2D eigenvalue weighted by Crippen LogP contribution is 2.42. The molecule has 0 unspecified atom stereocenters. The molecule has 0 radical (unpaired) electrons. The van der Waals surface area contributed by atoms with E-state index in [0.29, 0.717) is 5.65 Å². The van der Waals surface area contributed by atoms with Crippen LogP contribution >= 0.6 is 11.6 Å². The van der Waals surface area contributed by atoms with Crippen molar-refractivity contribution in [1.29, 1.82) is 0 Å². The molecular weight excluding hydrogens is 474 g/mol. The number of hydrogen-bond donors (Lipinski definition) is 1.